The fourth-order valence-corrected chi connectivity index (χ4v) is 2.77. The third-order valence-electron chi connectivity index (χ3n) is 3.98. The summed E-state index contributed by atoms with van der Waals surface area (Å²) in [6, 6.07) is 10.7. The van der Waals surface area contributed by atoms with Gasteiger partial charge in [-0.25, -0.2) is 4.79 Å². The zero-order valence-electron chi connectivity index (χ0n) is 14.3. The van der Waals surface area contributed by atoms with Crippen molar-refractivity contribution in [1.82, 2.24) is 0 Å². The molecule has 0 fully saturated rings. The number of rotatable bonds is 10. The number of ether oxygens (including phenoxy) is 1. The van der Waals surface area contributed by atoms with Crippen LogP contribution in [-0.2, 0) is 9.53 Å². The summed E-state index contributed by atoms with van der Waals surface area (Å²) in [4.78, 5) is 11.7. The summed E-state index contributed by atoms with van der Waals surface area (Å²) in [5, 5.41) is 0. The highest BCUT2D eigenvalue weighted by Gasteiger charge is 2.18. The topological polar surface area (TPSA) is 26.3 Å². The highest BCUT2D eigenvalue weighted by Crippen LogP contribution is 2.28. The van der Waals surface area contributed by atoms with Crippen molar-refractivity contribution in [3.8, 4) is 0 Å². The molecule has 1 aromatic carbocycles. The highest BCUT2D eigenvalue weighted by molar-refractivity contribution is 5.87. The molecule has 0 spiro atoms. The maximum Gasteiger partial charge on any atom is 0.333 e. The summed E-state index contributed by atoms with van der Waals surface area (Å²) < 4.78 is 5.58. The summed E-state index contributed by atoms with van der Waals surface area (Å²) in [5.41, 5.74) is 1.88. The van der Waals surface area contributed by atoms with Crippen molar-refractivity contribution in [2.24, 2.45) is 0 Å². The molecular formula is C20H30O2. The van der Waals surface area contributed by atoms with Gasteiger partial charge in [0.2, 0.25) is 0 Å². The normalized spacial score (nSPS) is 13.4. The van der Waals surface area contributed by atoms with Crippen LogP contribution in [-0.4, -0.2) is 12.1 Å². The molecular weight excluding hydrogens is 272 g/mol. The minimum absolute atomic E-state index is 0.0114. The zero-order valence-corrected chi connectivity index (χ0v) is 14.3. The van der Waals surface area contributed by atoms with E-state index in [1.54, 1.807) is 6.92 Å². The molecule has 0 saturated carbocycles. The second-order valence-corrected chi connectivity index (χ2v) is 6.07. The Morgan fingerprint density at radius 3 is 2.23 bits per heavy atom. The van der Waals surface area contributed by atoms with Gasteiger partial charge >= 0.3 is 5.97 Å². The average Bonchev–Trinajstić information content (AvgIpc) is 2.52. The minimum atomic E-state index is -0.259. The van der Waals surface area contributed by atoms with Gasteiger partial charge in [-0.05, 0) is 44.1 Å². The van der Waals surface area contributed by atoms with Gasteiger partial charge in [-0.3, -0.25) is 0 Å². The maximum atomic E-state index is 11.7. The number of carbonyl (C=O) groups is 1. The van der Waals surface area contributed by atoms with E-state index in [0.29, 0.717) is 11.5 Å². The number of hydrogen-bond acceptors (Lipinski definition) is 2. The van der Waals surface area contributed by atoms with Crippen LogP contribution in [0.3, 0.4) is 0 Å². The predicted molar refractivity (Wildman–Crippen MR) is 92.9 cm³/mol. The predicted octanol–water partition coefficient (Wildman–Crippen LogP) is 5.64. The lowest BCUT2D eigenvalue weighted by Gasteiger charge is -2.22. The molecule has 0 aliphatic heterocycles. The van der Waals surface area contributed by atoms with Gasteiger partial charge in [0.25, 0.3) is 0 Å². The number of carbonyl (C=O) groups excluding carboxylic acids is 1. The lowest BCUT2D eigenvalue weighted by atomic mass is 9.89. The quantitative estimate of drug-likeness (QED) is 0.413. The van der Waals surface area contributed by atoms with E-state index in [9.17, 15) is 4.79 Å². The van der Waals surface area contributed by atoms with E-state index in [4.69, 9.17) is 4.74 Å². The van der Waals surface area contributed by atoms with E-state index in [1.165, 1.54) is 18.4 Å². The van der Waals surface area contributed by atoms with Crippen LogP contribution in [0, 0.1) is 0 Å². The van der Waals surface area contributed by atoms with Crippen molar-refractivity contribution in [2.45, 2.75) is 71.3 Å². The van der Waals surface area contributed by atoms with Crippen LogP contribution in [0.25, 0.3) is 0 Å². The Morgan fingerprint density at radius 1 is 1.05 bits per heavy atom. The van der Waals surface area contributed by atoms with Crippen LogP contribution in [0.2, 0.25) is 0 Å². The lowest BCUT2D eigenvalue weighted by Crippen LogP contribution is -2.19. The summed E-state index contributed by atoms with van der Waals surface area (Å²) in [5.74, 6) is 0.291. The Kier molecular flexibility index (Phi) is 8.57. The van der Waals surface area contributed by atoms with Gasteiger partial charge in [-0.1, -0.05) is 63.6 Å². The van der Waals surface area contributed by atoms with Gasteiger partial charge in [-0.15, -0.1) is 0 Å². The van der Waals surface area contributed by atoms with Crippen LogP contribution >= 0.6 is 0 Å². The Balaban J connectivity index is 2.63. The van der Waals surface area contributed by atoms with E-state index < -0.39 is 0 Å². The Hall–Kier alpha value is -1.57. The molecule has 1 rings (SSSR count). The Labute approximate surface area is 135 Å². The second-order valence-electron chi connectivity index (χ2n) is 6.07. The van der Waals surface area contributed by atoms with Crippen molar-refractivity contribution < 1.29 is 9.53 Å². The molecule has 0 bridgehead atoms. The van der Waals surface area contributed by atoms with E-state index in [-0.39, 0.29) is 12.1 Å². The van der Waals surface area contributed by atoms with Crippen LogP contribution < -0.4 is 0 Å². The van der Waals surface area contributed by atoms with Gasteiger partial charge in [0.1, 0.15) is 6.10 Å². The Bertz CT molecular complexity index is 450. The van der Waals surface area contributed by atoms with Gasteiger partial charge in [0.15, 0.2) is 0 Å². The fraction of sp³-hybridized carbons (Fsp3) is 0.550. The Morgan fingerprint density at radius 2 is 1.68 bits per heavy atom. The molecule has 0 radical (unpaired) electrons. The first kappa shape index (κ1) is 18.5. The van der Waals surface area contributed by atoms with Crippen LogP contribution in [0.1, 0.15) is 70.8 Å². The van der Waals surface area contributed by atoms with Crippen LogP contribution in [0.5, 0.6) is 0 Å². The van der Waals surface area contributed by atoms with Crippen molar-refractivity contribution in [2.75, 3.05) is 0 Å². The maximum absolute atomic E-state index is 11.7. The SMILES string of the molecule is C=C(C)C(=O)OC(CCC)CCC(CCC)c1ccccc1. The van der Waals surface area contributed by atoms with Gasteiger partial charge in [0.05, 0.1) is 0 Å². The van der Waals surface area contributed by atoms with E-state index in [1.807, 2.05) is 0 Å². The molecule has 22 heavy (non-hydrogen) atoms. The molecule has 2 heteroatoms. The number of hydrogen-bond donors (Lipinski definition) is 0. The summed E-state index contributed by atoms with van der Waals surface area (Å²) in [6.45, 7) is 9.72. The van der Waals surface area contributed by atoms with Crippen LogP contribution in [0.4, 0.5) is 0 Å². The summed E-state index contributed by atoms with van der Waals surface area (Å²) in [7, 11) is 0. The first-order chi connectivity index (χ1) is 10.6. The monoisotopic (exact) mass is 302 g/mol. The minimum Gasteiger partial charge on any atom is -0.459 e. The van der Waals surface area contributed by atoms with Crippen molar-refractivity contribution in [3.63, 3.8) is 0 Å². The smallest absolute Gasteiger partial charge is 0.333 e. The van der Waals surface area contributed by atoms with E-state index in [2.05, 4.69) is 50.8 Å². The molecule has 0 amide bonds. The first-order valence-corrected chi connectivity index (χ1v) is 8.49. The van der Waals surface area contributed by atoms with E-state index in [0.717, 1.165) is 25.7 Å². The molecule has 0 N–H and O–H groups in total. The molecule has 0 aromatic heterocycles. The van der Waals surface area contributed by atoms with Crippen molar-refractivity contribution >= 4 is 5.97 Å². The molecule has 2 atom stereocenters. The molecule has 2 unspecified atom stereocenters. The number of benzene rings is 1. The zero-order chi connectivity index (χ0) is 16.4. The number of esters is 1. The molecule has 2 nitrogen and oxygen atoms in total. The first-order valence-electron chi connectivity index (χ1n) is 8.49. The second kappa shape index (κ2) is 10.2. The largest absolute Gasteiger partial charge is 0.459 e. The third-order valence-corrected chi connectivity index (χ3v) is 3.98. The molecule has 0 saturated heterocycles. The summed E-state index contributed by atoms with van der Waals surface area (Å²) in [6.07, 6.45) is 6.29. The molecule has 0 heterocycles. The van der Waals surface area contributed by atoms with Crippen LogP contribution in [0.15, 0.2) is 42.5 Å². The van der Waals surface area contributed by atoms with Gasteiger partial charge in [0, 0.05) is 5.57 Å². The van der Waals surface area contributed by atoms with Crippen molar-refractivity contribution in [1.29, 1.82) is 0 Å². The highest BCUT2D eigenvalue weighted by atomic mass is 16.5. The van der Waals surface area contributed by atoms with E-state index >= 15 is 0 Å². The summed E-state index contributed by atoms with van der Waals surface area (Å²) >= 11 is 0. The fourth-order valence-electron chi connectivity index (χ4n) is 2.77. The molecule has 122 valence electrons. The molecule has 1 aromatic rings. The lowest BCUT2D eigenvalue weighted by molar-refractivity contribution is -0.145. The standard InChI is InChI=1S/C20H30O2/c1-5-10-17(18-12-8-7-9-13-18)14-15-19(11-6-2)22-20(21)16(3)4/h7-9,12-13,17,19H,3,5-6,10-11,14-15H2,1-2,4H3. The average molecular weight is 302 g/mol. The van der Waals surface area contributed by atoms with Gasteiger partial charge < -0.3 is 4.74 Å². The molecule has 0 aliphatic carbocycles. The molecule has 0 aliphatic rings. The van der Waals surface area contributed by atoms with Gasteiger partial charge in [-0.2, -0.15) is 0 Å². The van der Waals surface area contributed by atoms with Crippen molar-refractivity contribution in [3.05, 3.63) is 48.0 Å². The third kappa shape index (κ3) is 6.46.